The zero-order chi connectivity index (χ0) is 42.0. The molecule has 1 heterocycles. The van der Waals surface area contributed by atoms with Crippen molar-refractivity contribution in [1.29, 1.82) is 0 Å². The van der Waals surface area contributed by atoms with Gasteiger partial charge in [-0.3, -0.25) is 0 Å². The third-order valence-electron chi connectivity index (χ3n) is 10.2. The molecule has 12 heteroatoms. The first-order valence-electron chi connectivity index (χ1n) is 20.1. The van der Waals surface area contributed by atoms with E-state index in [4.69, 9.17) is 33.2 Å². The first-order valence-corrected chi connectivity index (χ1v) is 20.1. The summed E-state index contributed by atoms with van der Waals surface area (Å²) < 4.78 is 53.3. The van der Waals surface area contributed by atoms with Crippen LogP contribution in [-0.2, 0) is 38.3 Å². The highest BCUT2D eigenvalue weighted by Gasteiger charge is 2.25. The van der Waals surface area contributed by atoms with Crippen molar-refractivity contribution in [3.63, 3.8) is 0 Å². The largest absolute Gasteiger partial charge is 0.491 e. The van der Waals surface area contributed by atoms with Gasteiger partial charge in [-0.2, -0.15) is 0 Å². The number of epoxide rings is 1. The summed E-state index contributed by atoms with van der Waals surface area (Å²) in [5.41, 5.74) is 3.47. The van der Waals surface area contributed by atoms with Crippen molar-refractivity contribution in [1.82, 2.24) is 0 Å². The molecule has 0 amide bonds. The van der Waals surface area contributed by atoms with Gasteiger partial charge in [-0.05, 0) is 132 Å². The van der Waals surface area contributed by atoms with Crippen LogP contribution in [-0.4, -0.2) is 62.5 Å². The van der Waals surface area contributed by atoms with Crippen molar-refractivity contribution in [3.05, 3.63) is 143 Å². The molecule has 0 saturated carbocycles. The molecule has 1 aliphatic heterocycles. The van der Waals surface area contributed by atoms with Gasteiger partial charge < -0.3 is 33.2 Å². The Bertz CT molecular complexity index is 2400. The number of rotatable bonds is 18. The minimum absolute atomic E-state index is 0.0911. The lowest BCUT2D eigenvalue weighted by Crippen LogP contribution is -2.26. The van der Waals surface area contributed by atoms with Crippen LogP contribution in [0.5, 0.6) is 23.0 Å². The normalized spacial score (nSPS) is 15.3. The quantitative estimate of drug-likeness (QED) is 0.0276. The Balaban J connectivity index is 0.918. The summed E-state index contributed by atoms with van der Waals surface area (Å²) in [5.74, 6) is -1.45. The molecular weight excluding hydrogens is 772 g/mol. The number of benzene rings is 5. The van der Waals surface area contributed by atoms with Gasteiger partial charge in [0.05, 0.1) is 36.0 Å². The van der Waals surface area contributed by atoms with Crippen LogP contribution in [0.25, 0.3) is 10.8 Å². The highest BCUT2D eigenvalue weighted by atomic mass is 19.1. The second kappa shape index (κ2) is 19.5. The summed E-state index contributed by atoms with van der Waals surface area (Å²) in [7, 11) is 0. The van der Waals surface area contributed by atoms with Crippen LogP contribution in [0.1, 0.15) is 80.4 Å². The minimum atomic E-state index is -0.619. The number of hydrogen-bond donors (Lipinski definition) is 0. The fourth-order valence-electron chi connectivity index (χ4n) is 6.95. The lowest BCUT2D eigenvalue weighted by atomic mass is 9.88. The highest BCUT2D eigenvalue weighted by molar-refractivity contribution is 5.97. The van der Waals surface area contributed by atoms with E-state index in [1.54, 1.807) is 54.6 Å². The van der Waals surface area contributed by atoms with Crippen LogP contribution in [0, 0.1) is 5.82 Å². The van der Waals surface area contributed by atoms with Gasteiger partial charge in [0.2, 0.25) is 0 Å². The van der Waals surface area contributed by atoms with Crippen molar-refractivity contribution < 1.29 is 56.7 Å². The maximum absolute atomic E-state index is 14.7. The molecular formula is C48H45FO11. The van der Waals surface area contributed by atoms with E-state index < -0.39 is 35.8 Å². The van der Waals surface area contributed by atoms with Gasteiger partial charge in [0.1, 0.15) is 36.6 Å². The van der Waals surface area contributed by atoms with Crippen LogP contribution in [0.2, 0.25) is 0 Å². The topological polar surface area (TPSA) is 136 Å². The second-order valence-electron chi connectivity index (χ2n) is 14.6. The number of carbonyl (C=O) groups is 4. The number of esters is 4. The molecule has 11 nitrogen and oxygen atoms in total. The summed E-state index contributed by atoms with van der Waals surface area (Å²) >= 11 is 0. The fraction of sp³-hybridized carbons (Fsp3) is 0.292. The fourth-order valence-corrected chi connectivity index (χ4v) is 6.95. The predicted molar refractivity (Wildman–Crippen MR) is 219 cm³/mol. The van der Waals surface area contributed by atoms with Gasteiger partial charge in [-0.1, -0.05) is 38.1 Å². The number of ether oxygens (including phenoxy) is 7. The van der Waals surface area contributed by atoms with Crippen LogP contribution >= 0.6 is 0 Å². The highest BCUT2D eigenvalue weighted by Crippen LogP contribution is 2.30. The van der Waals surface area contributed by atoms with Crippen molar-refractivity contribution in [3.8, 4) is 23.0 Å². The molecule has 0 bridgehead atoms. The van der Waals surface area contributed by atoms with Crippen molar-refractivity contribution in [2.75, 3.05) is 26.4 Å². The van der Waals surface area contributed by atoms with Crippen molar-refractivity contribution >= 4 is 34.6 Å². The number of carbonyl (C=O) groups excluding carboxylic acids is 4. The van der Waals surface area contributed by atoms with E-state index in [2.05, 4.69) is 6.58 Å². The first-order chi connectivity index (χ1) is 29.1. The van der Waals surface area contributed by atoms with E-state index in [-0.39, 0.29) is 24.5 Å². The molecule has 0 spiro atoms. The van der Waals surface area contributed by atoms with Crippen molar-refractivity contribution in [2.45, 2.75) is 64.1 Å². The molecule has 5 aromatic rings. The maximum Gasteiger partial charge on any atom is 0.343 e. The summed E-state index contributed by atoms with van der Waals surface area (Å²) in [6, 6.07) is 25.0. The van der Waals surface area contributed by atoms with Crippen LogP contribution in [0.3, 0.4) is 0 Å². The number of hydrogen-bond acceptors (Lipinski definition) is 11. The Morgan fingerprint density at radius 2 is 1.47 bits per heavy atom. The first kappa shape index (κ1) is 41.6. The van der Waals surface area contributed by atoms with E-state index in [1.165, 1.54) is 12.1 Å². The summed E-state index contributed by atoms with van der Waals surface area (Å²) in [6.45, 7) is 6.77. The smallest absolute Gasteiger partial charge is 0.343 e. The lowest BCUT2D eigenvalue weighted by molar-refractivity contribution is -0.138. The standard InChI is InChI=1S/C48H45FO11/c1-3-6-34-27-40(59-46(51)35-10-8-32-25-38(15-12-30(32)23-35)54-21-22-56-45(50)4-2)17-19-43(34)60-48(53)36-11-9-33-26-39(16-13-31(33)24-36)58-47(52)37-14-18-44(42(49)28-37)55-20-5-7-41-29-57-41/h4,8-12,14-15,17-19,23-25,27-28,39,41H,2-3,5-7,13,16,20-22,26,29H2,1H3. The molecule has 2 aliphatic rings. The van der Waals surface area contributed by atoms with E-state index in [0.717, 1.165) is 59.9 Å². The van der Waals surface area contributed by atoms with Gasteiger partial charge in [-0.15, -0.1) is 0 Å². The summed E-state index contributed by atoms with van der Waals surface area (Å²) in [5, 5.41) is 1.66. The molecule has 0 radical (unpaired) electrons. The molecule has 310 valence electrons. The second-order valence-corrected chi connectivity index (χ2v) is 14.6. The van der Waals surface area contributed by atoms with Crippen LogP contribution in [0.15, 0.2) is 104 Å². The summed E-state index contributed by atoms with van der Waals surface area (Å²) in [4.78, 5) is 50.7. The monoisotopic (exact) mass is 816 g/mol. The molecule has 60 heavy (non-hydrogen) atoms. The SMILES string of the molecule is C=CC(=O)OCCOc1ccc2cc(C(=O)Oc3ccc(OC(=O)c4ccc5c(c4)CCC(OC(=O)c4ccc(OCCCC6CO6)c(F)c4)C5)c(CCC)c3)ccc2c1. The molecule has 1 aliphatic carbocycles. The average molecular weight is 817 g/mol. The molecule has 5 aromatic carbocycles. The minimum Gasteiger partial charge on any atom is -0.491 e. The van der Waals surface area contributed by atoms with Gasteiger partial charge >= 0.3 is 23.9 Å². The Hall–Kier alpha value is -6.53. The van der Waals surface area contributed by atoms with Gasteiger partial charge in [0.25, 0.3) is 0 Å². The molecule has 1 saturated heterocycles. The van der Waals surface area contributed by atoms with Crippen LogP contribution in [0.4, 0.5) is 4.39 Å². The zero-order valence-electron chi connectivity index (χ0n) is 33.2. The van der Waals surface area contributed by atoms with E-state index >= 15 is 0 Å². The third kappa shape index (κ3) is 10.9. The Morgan fingerprint density at radius 3 is 2.27 bits per heavy atom. The van der Waals surface area contributed by atoms with Crippen LogP contribution < -0.4 is 18.9 Å². The maximum atomic E-state index is 14.7. The predicted octanol–water partition coefficient (Wildman–Crippen LogP) is 8.75. The van der Waals surface area contributed by atoms with E-state index in [1.807, 2.05) is 25.1 Å². The molecule has 0 aromatic heterocycles. The Labute approximate surface area is 346 Å². The Kier molecular flexibility index (Phi) is 13.5. The average Bonchev–Trinajstić information content (AvgIpc) is 4.09. The molecule has 1 fully saturated rings. The number of fused-ring (bicyclic) bond motifs is 2. The van der Waals surface area contributed by atoms with Gasteiger partial charge in [0, 0.05) is 12.5 Å². The number of aryl methyl sites for hydroxylation is 2. The zero-order valence-corrected chi connectivity index (χ0v) is 33.2. The molecule has 2 atom stereocenters. The van der Waals surface area contributed by atoms with Gasteiger partial charge in [-0.25, -0.2) is 23.6 Å². The van der Waals surface area contributed by atoms with E-state index in [9.17, 15) is 23.6 Å². The van der Waals surface area contributed by atoms with E-state index in [0.29, 0.717) is 72.3 Å². The lowest BCUT2D eigenvalue weighted by Gasteiger charge is -2.25. The molecule has 7 rings (SSSR count). The van der Waals surface area contributed by atoms with Crippen molar-refractivity contribution in [2.24, 2.45) is 0 Å². The Morgan fingerprint density at radius 1 is 0.750 bits per heavy atom. The van der Waals surface area contributed by atoms with Gasteiger partial charge in [0.15, 0.2) is 11.6 Å². The molecule has 2 unspecified atom stereocenters. The molecule has 0 N–H and O–H groups in total. The summed E-state index contributed by atoms with van der Waals surface area (Å²) in [6.07, 6.45) is 5.52. The number of halogens is 1. The third-order valence-corrected chi connectivity index (χ3v) is 10.2.